The van der Waals surface area contributed by atoms with Crippen molar-refractivity contribution < 1.29 is 18.7 Å². The minimum atomic E-state index is -0.417. The summed E-state index contributed by atoms with van der Waals surface area (Å²) in [5.74, 6) is -0.417. The van der Waals surface area contributed by atoms with Gasteiger partial charge in [0.1, 0.15) is 5.82 Å². The summed E-state index contributed by atoms with van der Waals surface area (Å²) in [7, 11) is 0. The Morgan fingerprint density at radius 1 is 1.35 bits per heavy atom. The normalized spacial score (nSPS) is 15.1. The lowest BCUT2D eigenvalue weighted by atomic mass is 10.1. The van der Waals surface area contributed by atoms with Crippen LogP contribution in [-0.2, 0) is 4.74 Å². The molecule has 0 bridgehead atoms. The molecule has 0 aromatic heterocycles. The zero-order valence-corrected chi connectivity index (χ0v) is 11.3. The van der Waals surface area contributed by atoms with Gasteiger partial charge in [0.15, 0.2) is 6.29 Å². The van der Waals surface area contributed by atoms with Crippen LogP contribution in [0.25, 0.3) is 0 Å². The molecule has 6 heteroatoms. The topological polar surface area (TPSA) is 49.9 Å². The molecule has 0 saturated carbocycles. The highest BCUT2D eigenvalue weighted by Gasteiger charge is 2.24. The summed E-state index contributed by atoms with van der Waals surface area (Å²) in [6, 6.07) is 4.43. The molecule has 108 valence electrons. The molecule has 1 aromatic rings. The van der Waals surface area contributed by atoms with E-state index in [-0.39, 0.29) is 6.09 Å². The number of para-hydroxylation sites is 1. The summed E-state index contributed by atoms with van der Waals surface area (Å²) in [5, 5.41) is 0. The number of carbonyl (C=O) groups excluding carboxylic acids is 2. The van der Waals surface area contributed by atoms with Crippen molar-refractivity contribution >= 4 is 18.1 Å². The summed E-state index contributed by atoms with van der Waals surface area (Å²) in [6.07, 6.45) is 0.298. The van der Waals surface area contributed by atoms with Gasteiger partial charge >= 0.3 is 6.09 Å². The molecule has 1 aromatic carbocycles. The average Bonchev–Trinajstić information content (AvgIpc) is 2.47. The molecular formula is C14H17FN2O3. The van der Waals surface area contributed by atoms with Crippen LogP contribution in [0.5, 0.6) is 0 Å². The summed E-state index contributed by atoms with van der Waals surface area (Å²) >= 11 is 0. The number of piperazine rings is 1. The number of amides is 1. The molecule has 0 aliphatic carbocycles. The molecule has 2 rings (SSSR count). The van der Waals surface area contributed by atoms with Gasteiger partial charge in [-0.25, -0.2) is 9.18 Å². The van der Waals surface area contributed by atoms with Crippen molar-refractivity contribution in [2.45, 2.75) is 6.92 Å². The third kappa shape index (κ3) is 2.89. The average molecular weight is 280 g/mol. The summed E-state index contributed by atoms with van der Waals surface area (Å²) in [5.41, 5.74) is 0.639. The lowest BCUT2D eigenvalue weighted by molar-refractivity contribution is 0.104. The van der Waals surface area contributed by atoms with E-state index in [0.717, 1.165) is 0 Å². The van der Waals surface area contributed by atoms with Crippen LogP contribution >= 0.6 is 0 Å². The molecule has 0 N–H and O–H groups in total. The molecule has 20 heavy (non-hydrogen) atoms. The van der Waals surface area contributed by atoms with E-state index in [1.165, 1.54) is 12.1 Å². The lowest BCUT2D eigenvalue weighted by Gasteiger charge is -2.36. The number of hydrogen-bond acceptors (Lipinski definition) is 4. The Hall–Kier alpha value is -2.11. The second-order valence-electron chi connectivity index (χ2n) is 4.47. The van der Waals surface area contributed by atoms with E-state index in [1.54, 1.807) is 22.8 Å². The van der Waals surface area contributed by atoms with E-state index in [2.05, 4.69) is 0 Å². The Kier molecular flexibility index (Phi) is 4.55. The predicted molar refractivity (Wildman–Crippen MR) is 72.6 cm³/mol. The van der Waals surface area contributed by atoms with Crippen LogP contribution in [0, 0.1) is 5.82 Å². The first-order valence-corrected chi connectivity index (χ1v) is 6.57. The molecule has 5 nitrogen and oxygen atoms in total. The monoisotopic (exact) mass is 280 g/mol. The number of ether oxygens (including phenoxy) is 1. The highest BCUT2D eigenvalue weighted by atomic mass is 19.1. The number of halogens is 1. The number of hydrogen-bond donors (Lipinski definition) is 0. The summed E-state index contributed by atoms with van der Waals surface area (Å²) in [6.45, 7) is 3.93. The largest absolute Gasteiger partial charge is 0.450 e. The minimum Gasteiger partial charge on any atom is -0.450 e. The molecule has 1 heterocycles. The van der Waals surface area contributed by atoms with Crippen LogP contribution < -0.4 is 4.90 Å². The Morgan fingerprint density at radius 2 is 2.05 bits per heavy atom. The second-order valence-corrected chi connectivity index (χ2v) is 4.47. The SMILES string of the molecule is CCOC(=O)N1CCN(c2c(F)cccc2C=O)CC1. The van der Waals surface area contributed by atoms with Crippen molar-refractivity contribution in [3.05, 3.63) is 29.6 Å². The Labute approximate surface area is 116 Å². The van der Waals surface area contributed by atoms with Gasteiger partial charge in [-0.15, -0.1) is 0 Å². The van der Waals surface area contributed by atoms with Crippen molar-refractivity contribution in [3.63, 3.8) is 0 Å². The summed E-state index contributed by atoms with van der Waals surface area (Å²) < 4.78 is 18.8. The van der Waals surface area contributed by atoms with E-state index >= 15 is 0 Å². The molecule has 0 unspecified atom stereocenters. The molecule has 0 spiro atoms. The molecular weight excluding hydrogens is 263 g/mol. The van der Waals surface area contributed by atoms with E-state index in [0.29, 0.717) is 50.3 Å². The van der Waals surface area contributed by atoms with Gasteiger partial charge in [0.2, 0.25) is 0 Å². The molecule has 0 radical (unpaired) electrons. The van der Waals surface area contributed by atoms with Gasteiger partial charge in [-0.05, 0) is 19.1 Å². The van der Waals surface area contributed by atoms with Crippen LogP contribution in [0.15, 0.2) is 18.2 Å². The molecule has 1 fully saturated rings. The van der Waals surface area contributed by atoms with Gasteiger partial charge < -0.3 is 14.5 Å². The third-order valence-electron chi connectivity index (χ3n) is 3.27. The maximum atomic E-state index is 13.9. The zero-order valence-electron chi connectivity index (χ0n) is 11.3. The smallest absolute Gasteiger partial charge is 0.409 e. The minimum absolute atomic E-state index is 0.311. The highest BCUT2D eigenvalue weighted by Crippen LogP contribution is 2.24. The Morgan fingerprint density at radius 3 is 2.65 bits per heavy atom. The number of benzene rings is 1. The molecule has 1 amide bonds. The third-order valence-corrected chi connectivity index (χ3v) is 3.27. The quantitative estimate of drug-likeness (QED) is 0.794. The first-order valence-electron chi connectivity index (χ1n) is 6.57. The second kappa shape index (κ2) is 6.36. The van der Waals surface area contributed by atoms with E-state index < -0.39 is 5.82 Å². The van der Waals surface area contributed by atoms with Crippen molar-refractivity contribution in [1.29, 1.82) is 0 Å². The molecule has 1 aliphatic rings. The van der Waals surface area contributed by atoms with Crippen molar-refractivity contribution in [1.82, 2.24) is 4.90 Å². The Balaban J connectivity index is 2.08. The van der Waals surface area contributed by atoms with Gasteiger partial charge in [-0.2, -0.15) is 0 Å². The Bertz CT molecular complexity index is 499. The van der Waals surface area contributed by atoms with Gasteiger partial charge in [-0.1, -0.05) is 6.07 Å². The maximum absolute atomic E-state index is 13.9. The fraction of sp³-hybridized carbons (Fsp3) is 0.429. The fourth-order valence-electron chi connectivity index (χ4n) is 2.29. The number of anilines is 1. The van der Waals surface area contributed by atoms with Crippen LogP contribution in [0.4, 0.5) is 14.9 Å². The van der Waals surface area contributed by atoms with E-state index in [1.807, 2.05) is 0 Å². The fourth-order valence-corrected chi connectivity index (χ4v) is 2.29. The highest BCUT2D eigenvalue weighted by molar-refractivity contribution is 5.85. The van der Waals surface area contributed by atoms with Crippen molar-refractivity contribution in [2.75, 3.05) is 37.7 Å². The van der Waals surface area contributed by atoms with E-state index in [9.17, 15) is 14.0 Å². The van der Waals surface area contributed by atoms with Crippen LogP contribution in [-0.4, -0.2) is 50.1 Å². The van der Waals surface area contributed by atoms with Crippen LogP contribution in [0.2, 0.25) is 0 Å². The van der Waals surface area contributed by atoms with Crippen LogP contribution in [0.3, 0.4) is 0 Å². The van der Waals surface area contributed by atoms with E-state index in [4.69, 9.17) is 4.74 Å². The zero-order chi connectivity index (χ0) is 14.5. The first-order chi connectivity index (χ1) is 9.67. The maximum Gasteiger partial charge on any atom is 0.409 e. The van der Waals surface area contributed by atoms with Gasteiger partial charge in [0.05, 0.1) is 12.3 Å². The number of rotatable bonds is 3. The molecule has 1 saturated heterocycles. The lowest BCUT2D eigenvalue weighted by Crippen LogP contribution is -2.49. The van der Waals surface area contributed by atoms with Gasteiger partial charge in [0, 0.05) is 31.7 Å². The number of aldehydes is 1. The standard InChI is InChI=1S/C14H17FN2O3/c1-2-20-14(19)17-8-6-16(7-9-17)13-11(10-18)4-3-5-12(13)15/h3-5,10H,2,6-9H2,1H3. The summed E-state index contributed by atoms with van der Waals surface area (Å²) in [4.78, 5) is 26.0. The van der Waals surface area contributed by atoms with Crippen molar-refractivity contribution in [3.8, 4) is 0 Å². The van der Waals surface area contributed by atoms with Crippen molar-refractivity contribution in [2.24, 2.45) is 0 Å². The molecule has 1 aliphatic heterocycles. The first kappa shape index (κ1) is 14.3. The van der Waals surface area contributed by atoms with Gasteiger partial charge in [0.25, 0.3) is 0 Å². The number of nitrogens with zero attached hydrogens (tertiary/aromatic N) is 2. The number of carbonyl (C=O) groups is 2. The van der Waals surface area contributed by atoms with Gasteiger partial charge in [-0.3, -0.25) is 4.79 Å². The van der Waals surface area contributed by atoms with Crippen LogP contribution in [0.1, 0.15) is 17.3 Å². The molecule has 0 atom stereocenters. The predicted octanol–water partition coefficient (Wildman–Crippen LogP) is 1.92.